The lowest BCUT2D eigenvalue weighted by molar-refractivity contribution is 0.608. The predicted octanol–water partition coefficient (Wildman–Crippen LogP) is 4.55. The first-order chi connectivity index (χ1) is 8.47. The molecule has 1 aromatic carbocycles. The second kappa shape index (κ2) is 7.20. The van der Waals surface area contributed by atoms with Crippen LogP contribution in [0.1, 0.15) is 50.5 Å². The lowest BCUT2D eigenvalue weighted by Gasteiger charge is -2.28. The van der Waals surface area contributed by atoms with Crippen molar-refractivity contribution < 1.29 is 0 Å². The fourth-order valence-electron chi connectivity index (χ4n) is 1.91. The third-order valence-corrected chi connectivity index (χ3v) is 5.53. The Morgan fingerprint density at radius 3 is 2.28 bits per heavy atom. The van der Waals surface area contributed by atoms with Crippen LogP contribution in [-0.2, 0) is 0 Å². The largest absolute Gasteiger partial charge is 0.326 e. The van der Waals surface area contributed by atoms with Gasteiger partial charge in [0.2, 0.25) is 0 Å². The van der Waals surface area contributed by atoms with Crippen LogP contribution in [-0.4, -0.2) is 11.3 Å². The minimum atomic E-state index is 0.234. The molecule has 0 aliphatic rings. The molecule has 0 bridgehead atoms. The van der Waals surface area contributed by atoms with Crippen LogP contribution in [0.2, 0.25) is 0 Å². The summed E-state index contributed by atoms with van der Waals surface area (Å²) in [6.07, 6.45) is 1.02. The standard InChI is InChI=1S/C16H27NS/c1-6-15(17)16(18-13(5)11(2)3)14-10-8-7-9-12(14)4/h7-11,13,15-16H,6,17H2,1-5H3. The molecule has 2 N–H and O–H groups in total. The van der Waals surface area contributed by atoms with E-state index in [0.29, 0.717) is 16.4 Å². The van der Waals surface area contributed by atoms with E-state index in [4.69, 9.17) is 5.73 Å². The molecular formula is C16H27NS. The first kappa shape index (κ1) is 15.6. The summed E-state index contributed by atoms with van der Waals surface area (Å²) < 4.78 is 0. The van der Waals surface area contributed by atoms with Gasteiger partial charge in [0.25, 0.3) is 0 Å². The van der Waals surface area contributed by atoms with Gasteiger partial charge < -0.3 is 5.73 Å². The minimum absolute atomic E-state index is 0.234. The van der Waals surface area contributed by atoms with Crippen molar-refractivity contribution in [1.82, 2.24) is 0 Å². The third-order valence-electron chi connectivity index (χ3n) is 3.66. The predicted molar refractivity (Wildman–Crippen MR) is 84.1 cm³/mol. The van der Waals surface area contributed by atoms with Crippen molar-refractivity contribution in [2.24, 2.45) is 11.7 Å². The number of thioether (sulfide) groups is 1. The quantitative estimate of drug-likeness (QED) is 0.816. The van der Waals surface area contributed by atoms with E-state index in [-0.39, 0.29) is 6.04 Å². The van der Waals surface area contributed by atoms with Crippen molar-refractivity contribution in [1.29, 1.82) is 0 Å². The smallest absolute Gasteiger partial charge is 0.0453 e. The maximum absolute atomic E-state index is 6.35. The second-order valence-electron chi connectivity index (χ2n) is 5.43. The van der Waals surface area contributed by atoms with E-state index >= 15 is 0 Å². The van der Waals surface area contributed by atoms with Gasteiger partial charge in [-0.25, -0.2) is 0 Å². The normalized spacial score (nSPS) is 16.6. The summed E-state index contributed by atoms with van der Waals surface area (Å²) in [4.78, 5) is 0. The average molecular weight is 265 g/mol. The number of hydrogen-bond acceptors (Lipinski definition) is 2. The molecule has 1 aromatic rings. The molecule has 0 saturated heterocycles. The monoisotopic (exact) mass is 265 g/mol. The Morgan fingerprint density at radius 2 is 1.78 bits per heavy atom. The SMILES string of the molecule is CCC(N)C(SC(C)C(C)C)c1ccccc1C. The molecule has 102 valence electrons. The fourth-order valence-corrected chi connectivity index (χ4v) is 3.50. The lowest BCUT2D eigenvalue weighted by atomic mass is 10.00. The highest BCUT2D eigenvalue weighted by Gasteiger charge is 2.24. The molecule has 1 nitrogen and oxygen atoms in total. The summed E-state index contributed by atoms with van der Waals surface area (Å²) in [6, 6.07) is 8.88. The van der Waals surface area contributed by atoms with Crippen molar-refractivity contribution in [3.8, 4) is 0 Å². The Morgan fingerprint density at radius 1 is 1.17 bits per heavy atom. The van der Waals surface area contributed by atoms with Crippen LogP contribution in [0.25, 0.3) is 0 Å². The van der Waals surface area contributed by atoms with Gasteiger partial charge in [-0.15, -0.1) is 11.8 Å². The molecule has 3 atom stereocenters. The van der Waals surface area contributed by atoms with E-state index in [0.717, 1.165) is 6.42 Å². The van der Waals surface area contributed by atoms with Crippen LogP contribution in [0, 0.1) is 12.8 Å². The molecule has 0 saturated carbocycles. The Kier molecular flexibility index (Phi) is 6.24. The average Bonchev–Trinajstić information content (AvgIpc) is 2.35. The molecule has 0 aliphatic carbocycles. The molecule has 0 heterocycles. The van der Waals surface area contributed by atoms with E-state index in [1.165, 1.54) is 11.1 Å². The summed E-state index contributed by atoms with van der Waals surface area (Å²) in [5, 5.41) is 1.04. The molecule has 0 amide bonds. The van der Waals surface area contributed by atoms with Crippen molar-refractivity contribution in [3.63, 3.8) is 0 Å². The molecular weight excluding hydrogens is 238 g/mol. The molecule has 0 fully saturated rings. The maximum Gasteiger partial charge on any atom is 0.0453 e. The van der Waals surface area contributed by atoms with E-state index in [1.54, 1.807) is 0 Å². The summed E-state index contributed by atoms with van der Waals surface area (Å²) >= 11 is 2.03. The third kappa shape index (κ3) is 4.03. The lowest BCUT2D eigenvalue weighted by Crippen LogP contribution is -2.28. The van der Waals surface area contributed by atoms with Crippen LogP contribution >= 0.6 is 11.8 Å². The summed E-state index contributed by atoms with van der Waals surface area (Å²) in [5.74, 6) is 0.686. The van der Waals surface area contributed by atoms with Crippen LogP contribution in [0.15, 0.2) is 24.3 Å². The van der Waals surface area contributed by atoms with E-state index in [1.807, 2.05) is 11.8 Å². The Bertz CT molecular complexity index is 362. The number of hydrogen-bond donors (Lipinski definition) is 1. The van der Waals surface area contributed by atoms with Crippen molar-refractivity contribution >= 4 is 11.8 Å². The molecule has 1 rings (SSSR count). The summed E-state index contributed by atoms with van der Waals surface area (Å²) in [5.41, 5.74) is 9.11. The Balaban J connectivity index is 2.95. The summed E-state index contributed by atoms with van der Waals surface area (Å²) in [6.45, 7) is 11.2. The molecule has 0 spiro atoms. The highest BCUT2D eigenvalue weighted by atomic mass is 32.2. The highest BCUT2D eigenvalue weighted by Crippen LogP contribution is 2.39. The van der Waals surface area contributed by atoms with E-state index in [9.17, 15) is 0 Å². The zero-order chi connectivity index (χ0) is 13.7. The zero-order valence-electron chi connectivity index (χ0n) is 12.3. The van der Waals surface area contributed by atoms with Gasteiger partial charge in [-0.1, -0.05) is 52.0 Å². The molecule has 0 radical (unpaired) electrons. The van der Waals surface area contributed by atoms with E-state index in [2.05, 4.69) is 58.9 Å². The van der Waals surface area contributed by atoms with Crippen molar-refractivity contribution in [2.45, 2.75) is 57.6 Å². The molecule has 18 heavy (non-hydrogen) atoms. The highest BCUT2D eigenvalue weighted by molar-refractivity contribution is 8.00. The van der Waals surface area contributed by atoms with Crippen LogP contribution < -0.4 is 5.73 Å². The second-order valence-corrected chi connectivity index (χ2v) is 6.96. The maximum atomic E-state index is 6.35. The first-order valence-corrected chi connectivity index (χ1v) is 7.88. The van der Waals surface area contributed by atoms with Crippen LogP contribution in [0.4, 0.5) is 0 Å². The molecule has 0 aliphatic heterocycles. The van der Waals surface area contributed by atoms with Gasteiger partial charge in [0.05, 0.1) is 0 Å². The first-order valence-electron chi connectivity index (χ1n) is 6.93. The van der Waals surface area contributed by atoms with Gasteiger partial charge in [-0.3, -0.25) is 0 Å². The van der Waals surface area contributed by atoms with Gasteiger partial charge in [0, 0.05) is 16.5 Å². The van der Waals surface area contributed by atoms with E-state index < -0.39 is 0 Å². The van der Waals surface area contributed by atoms with Crippen LogP contribution in [0.5, 0.6) is 0 Å². The van der Waals surface area contributed by atoms with Gasteiger partial charge >= 0.3 is 0 Å². The molecule has 3 unspecified atom stereocenters. The van der Waals surface area contributed by atoms with Crippen molar-refractivity contribution in [2.75, 3.05) is 0 Å². The number of nitrogens with two attached hydrogens (primary N) is 1. The summed E-state index contributed by atoms with van der Waals surface area (Å²) in [7, 11) is 0. The fraction of sp³-hybridized carbons (Fsp3) is 0.625. The number of rotatable bonds is 6. The van der Waals surface area contributed by atoms with Crippen LogP contribution in [0.3, 0.4) is 0 Å². The van der Waals surface area contributed by atoms with Gasteiger partial charge in [0.1, 0.15) is 0 Å². The zero-order valence-corrected chi connectivity index (χ0v) is 13.1. The van der Waals surface area contributed by atoms with Gasteiger partial charge in [-0.2, -0.15) is 0 Å². The number of benzene rings is 1. The number of aryl methyl sites for hydroxylation is 1. The Labute approximate surface area is 117 Å². The van der Waals surface area contributed by atoms with Crippen molar-refractivity contribution in [3.05, 3.63) is 35.4 Å². The Hall–Kier alpha value is -0.470. The topological polar surface area (TPSA) is 26.0 Å². The van der Waals surface area contributed by atoms with Gasteiger partial charge in [-0.05, 0) is 30.4 Å². The molecule has 2 heteroatoms. The molecule has 0 aromatic heterocycles. The minimum Gasteiger partial charge on any atom is -0.326 e. The van der Waals surface area contributed by atoms with Gasteiger partial charge in [0.15, 0.2) is 0 Å².